The Balaban J connectivity index is 2.23. The molecule has 0 aliphatic rings. The van der Waals surface area contributed by atoms with E-state index >= 15 is 0 Å². The molecule has 0 saturated carbocycles. The van der Waals surface area contributed by atoms with Crippen LogP contribution in [0.3, 0.4) is 0 Å². The van der Waals surface area contributed by atoms with Gasteiger partial charge in [0, 0.05) is 11.9 Å². The van der Waals surface area contributed by atoms with E-state index in [2.05, 4.69) is 12.0 Å². The monoisotopic (exact) mass is 248 g/mol. The molecule has 0 aliphatic heterocycles. The van der Waals surface area contributed by atoms with Crippen molar-refractivity contribution in [2.75, 3.05) is 11.5 Å². The maximum absolute atomic E-state index is 10.1. The van der Waals surface area contributed by atoms with E-state index in [0.717, 1.165) is 17.1 Å². The molecule has 0 fully saturated rings. The number of aliphatic hydroxyl groups is 1. The van der Waals surface area contributed by atoms with E-state index in [0.29, 0.717) is 5.75 Å². The first-order chi connectivity index (χ1) is 8.33. The summed E-state index contributed by atoms with van der Waals surface area (Å²) in [5, 5.41) is 14.4. The lowest BCUT2D eigenvalue weighted by Gasteiger charge is -2.12. The van der Waals surface area contributed by atoms with Gasteiger partial charge in [-0.2, -0.15) is 16.9 Å². The summed E-state index contributed by atoms with van der Waals surface area (Å²) in [6, 6.07) is 11.7. The molecule has 0 aliphatic carbocycles. The molecule has 0 radical (unpaired) electrons. The SMILES string of the molecule is CCSCC(O)c1ccnn1-c1ccccc1. The zero-order chi connectivity index (χ0) is 12.1. The van der Waals surface area contributed by atoms with Crippen LogP contribution in [0.5, 0.6) is 0 Å². The summed E-state index contributed by atoms with van der Waals surface area (Å²) in [6.45, 7) is 2.09. The molecule has 1 N–H and O–H groups in total. The van der Waals surface area contributed by atoms with Gasteiger partial charge in [0.15, 0.2) is 0 Å². The number of para-hydroxylation sites is 1. The van der Waals surface area contributed by atoms with Crippen LogP contribution >= 0.6 is 11.8 Å². The fourth-order valence-corrected chi connectivity index (χ4v) is 2.30. The Morgan fingerprint density at radius 1 is 1.29 bits per heavy atom. The summed E-state index contributed by atoms with van der Waals surface area (Å²) < 4.78 is 1.79. The summed E-state index contributed by atoms with van der Waals surface area (Å²) in [4.78, 5) is 0. The van der Waals surface area contributed by atoms with Gasteiger partial charge in [-0.3, -0.25) is 0 Å². The molecule has 1 unspecified atom stereocenters. The minimum atomic E-state index is -0.470. The minimum Gasteiger partial charge on any atom is -0.386 e. The lowest BCUT2D eigenvalue weighted by Crippen LogP contribution is -2.09. The van der Waals surface area contributed by atoms with Crippen LogP contribution in [-0.4, -0.2) is 26.4 Å². The molecule has 1 aromatic carbocycles. The van der Waals surface area contributed by atoms with Crippen molar-refractivity contribution in [2.45, 2.75) is 13.0 Å². The van der Waals surface area contributed by atoms with Crippen molar-refractivity contribution in [1.82, 2.24) is 9.78 Å². The Hall–Kier alpha value is -1.26. The second-order valence-corrected chi connectivity index (χ2v) is 5.00. The zero-order valence-electron chi connectivity index (χ0n) is 9.78. The van der Waals surface area contributed by atoms with Crippen molar-refractivity contribution in [3.63, 3.8) is 0 Å². The summed E-state index contributed by atoms with van der Waals surface area (Å²) >= 11 is 1.73. The van der Waals surface area contributed by atoms with Crippen molar-refractivity contribution < 1.29 is 5.11 Å². The Kier molecular flexibility index (Phi) is 4.23. The molecule has 2 aromatic rings. The number of aromatic nitrogens is 2. The number of benzene rings is 1. The van der Waals surface area contributed by atoms with Gasteiger partial charge in [-0.15, -0.1) is 0 Å². The van der Waals surface area contributed by atoms with Crippen molar-refractivity contribution in [2.24, 2.45) is 0 Å². The van der Waals surface area contributed by atoms with E-state index in [1.54, 1.807) is 22.6 Å². The van der Waals surface area contributed by atoms with Crippen LogP contribution in [0.4, 0.5) is 0 Å². The molecule has 2 rings (SSSR count). The van der Waals surface area contributed by atoms with Gasteiger partial charge in [0.25, 0.3) is 0 Å². The molecule has 0 saturated heterocycles. The number of rotatable bonds is 5. The van der Waals surface area contributed by atoms with Gasteiger partial charge in [-0.1, -0.05) is 25.1 Å². The third-order valence-electron chi connectivity index (χ3n) is 2.49. The molecule has 17 heavy (non-hydrogen) atoms. The highest BCUT2D eigenvalue weighted by Gasteiger charge is 2.13. The van der Waals surface area contributed by atoms with Crippen LogP contribution in [0.25, 0.3) is 5.69 Å². The third-order valence-corrected chi connectivity index (χ3v) is 3.45. The number of aliphatic hydroxyl groups excluding tert-OH is 1. The van der Waals surface area contributed by atoms with Crippen molar-refractivity contribution >= 4 is 11.8 Å². The van der Waals surface area contributed by atoms with Crippen LogP contribution in [0.2, 0.25) is 0 Å². The average Bonchev–Trinajstić information content (AvgIpc) is 2.86. The van der Waals surface area contributed by atoms with Gasteiger partial charge in [0.2, 0.25) is 0 Å². The van der Waals surface area contributed by atoms with Crippen LogP contribution < -0.4 is 0 Å². The van der Waals surface area contributed by atoms with Crippen LogP contribution in [-0.2, 0) is 0 Å². The van der Waals surface area contributed by atoms with Crippen molar-refractivity contribution in [3.05, 3.63) is 48.3 Å². The first-order valence-corrected chi connectivity index (χ1v) is 6.83. The topological polar surface area (TPSA) is 38.1 Å². The highest BCUT2D eigenvalue weighted by molar-refractivity contribution is 7.99. The highest BCUT2D eigenvalue weighted by atomic mass is 32.2. The molecule has 3 nitrogen and oxygen atoms in total. The molecule has 90 valence electrons. The second kappa shape index (κ2) is 5.89. The standard InChI is InChI=1S/C13H16N2OS/c1-2-17-10-13(16)12-8-9-14-15(12)11-6-4-3-5-7-11/h3-9,13,16H,2,10H2,1H3. The minimum absolute atomic E-state index is 0.470. The molecule has 1 heterocycles. The van der Waals surface area contributed by atoms with E-state index < -0.39 is 6.10 Å². The number of nitrogens with zero attached hydrogens (tertiary/aromatic N) is 2. The van der Waals surface area contributed by atoms with Gasteiger partial charge in [-0.05, 0) is 24.0 Å². The van der Waals surface area contributed by atoms with Crippen LogP contribution in [0.15, 0.2) is 42.6 Å². The van der Waals surface area contributed by atoms with Gasteiger partial charge in [0.05, 0.1) is 11.4 Å². The quantitative estimate of drug-likeness (QED) is 0.884. The average molecular weight is 248 g/mol. The Morgan fingerprint density at radius 2 is 2.06 bits per heavy atom. The molecule has 0 spiro atoms. The third kappa shape index (κ3) is 2.90. The lowest BCUT2D eigenvalue weighted by atomic mass is 10.2. The fourth-order valence-electron chi connectivity index (χ4n) is 1.67. The number of hydrogen-bond donors (Lipinski definition) is 1. The van der Waals surface area contributed by atoms with E-state index in [1.165, 1.54) is 0 Å². The first-order valence-electron chi connectivity index (χ1n) is 5.68. The van der Waals surface area contributed by atoms with Gasteiger partial charge in [-0.25, -0.2) is 4.68 Å². The largest absolute Gasteiger partial charge is 0.386 e. The predicted octanol–water partition coefficient (Wildman–Crippen LogP) is 2.66. The maximum Gasteiger partial charge on any atom is 0.105 e. The summed E-state index contributed by atoms with van der Waals surface area (Å²) in [6.07, 6.45) is 1.25. The van der Waals surface area contributed by atoms with Crippen LogP contribution in [0, 0.1) is 0 Å². The fraction of sp³-hybridized carbons (Fsp3) is 0.308. The maximum atomic E-state index is 10.1. The normalized spacial score (nSPS) is 12.6. The second-order valence-electron chi connectivity index (χ2n) is 3.68. The smallest absolute Gasteiger partial charge is 0.105 e. The van der Waals surface area contributed by atoms with Gasteiger partial charge >= 0.3 is 0 Å². The molecule has 0 bridgehead atoms. The van der Waals surface area contributed by atoms with Gasteiger partial charge in [0.1, 0.15) is 6.10 Å². The van der Waals surface area contributed by atoms with E-state index in [4.69, 9.17) is 0 Å². The number of thioether (sulfide) groups is 1. The van der Waals surface area contributed by atoms with Gasteiger partial charge < -0.3 is 5.11 Å². The summed E-state index contributed by atoms with van der Waals surface area (Å²) in [5.41, 5.74) is 1.82. The van der Waals surface area contributed by atoms with Crippen LogP contribution in [0.1, 0.15) is 18.7 Å². The van der Waals surface area contributed by atoms with Crippen molar-refractivity contribution in [1.29, 1.82) is 0 Å². The Labute approximate surface area is 105 Å². The molecule has 1 atom stereocenters. The highest BCUT2D eigenvalue weighted by Crippen LogP contribution is 2.20. The first kappa shape index (κ1) is 12.2. The van der Waals surface area contributed by atoms with Crippen molar-refractivity contribution in [3.8, 4) is 5.69 Å². The summed E-state index contributed by atoms with van der Waals surface area (Å²) in [7, 11) is 0. The Bertz CT molecular complexity index is 455. The lowest BCUT2D eigenvalue weighted by molar-refractivity contribution is 0.196. The predicted molar refractivity (Wildman–Crippen MR) is 71.5 cm³/mol. The van der Waals surface area contributed by atoms with E-state index in [9.17, 15) is 5.11 Å². The molecule has 1 aromatic heterocycles. The van der Waals surface area contributed by atoms with E-state index in [1.807, 2.05) is 36.4 Å². The molecular formula is C13H16N2OS. The molecular weight excluding hydrogens is 232 g/mol. The number of hydrogen-bond acceptors (Lipinski definition) is 3. The summed E-state index contributed by atoms with van der Waals surface area (Å²) in [5.74, 6) is 1.71. The molecule has 0 amide bonds. The van der Waals surface area contributed by atoms with E-state index in [-0.39, 0.29) is 0 Å². The Morgan fingerprint density at radius 3 is 2.76 bits per heavy atom. The zero-order valence-corrected chi connectivity index (χ0v) is 10.6. The molecule has 4 heteroatoms.